The number of aliphatic hydroxyl groups is 1. The molecular weight excluding hydrogens is 481 g/mol. The number of phenols is 1. The van der Waals surface area contributed by atoms with Crippen molar-refractivity contribution in [1.82, 2.24) is 0 Å². The Hall–Kier alpha value is -3.65. The Morgan fingerprint density at radius 1 is 1.06 bits per heavy atom. The molecule has 0 aromatic heterocycles. The Bertz CT molecular complexity index is 1260. The van der Waals surface area contributed by atoms with Crippen LogP contribution in [0, 0.1) is 5.82 Å². The van der Waals surface area contributed by atoms with Crippen LogP contribution in [0.5, 0.6) is 11.5 Å². The second-order valence-electron chi connectivity index (χ2n) is 7.09. The van der Waals surface area contributed by atoms with Gasteiger partial charge in [-0.3, -0.25) is 14.5 Å². The molecule has 3 aromatic carbocycles. The molecule has 1 aliphatic heterocycles. The maximum absolute atomic E-state index is 13.9. The highest BCUT2D eigenvalue weighted by atomic mass is 79.9. The lowest BCUT2D eigenvalue weighted by atomic mass is 9.95. The molecule has 3 aromatic rings. The molecule has 4 rings (SSSR count). The molecule has 8 heteroatoms. The summed E-state index contributed by atoms with van der Waals surface area (Å²) in [6, 6.07) is 14.9. The predicted octanol–water partition coefficient (Wildman–Crippen LogP) is 4.93. The number of aromatic hydroxyl groups is 1. The maximum atomic E-state index is 13.9. The fourth-order valence-electron chi connectivity index (χ4n) is 3.67. The molecule has 0 radical (unpaired) electrons. The van der Waals surface area contributed by atoms with Gasteiger partial charge in [0.1, 0.15) is 23.1 Å². The third kappa shape index (κ3) is 3.73. The molecule has 1 fully saturated rings. The summed E-state index contributed by atoms with van der Waals surface area (Å²) >= 11 is 3.35. The number of ketones is 1. The summed E-state index contributed by atoms with van der Waals surface area (Å²) in [7, 11) is 1.50. The third-order valence-corrected chi connectivity index (χ3v) is 5.78. The highest BCUT2D eigenvalue weighted by molar-refractivity contribution is 9.10. The molecule has 0 spiro atoms. The van der Waals surface area contributed by atoms with Gasteiger partial charge in [-0.15, -0.1) is 0 Å². The molecule has 1 heterocycles. The smallest absolute Gasteiger partial charge is 0.300 e. The van der Waals surface area contributed by atoms with Gasteiger partial charge in [0.05, 0.1) is 23.2 Å². The number of halogens is 2. The molecule has 1 saturated heterocycles. The van der Waals surface area contributed by atoms with Crippen LogP contribution in [0.2, 0.25) is 0 Å². The number of phenolic OH excluding ortho intramolecular Hbond substituents is 1. The van der Waals surface area contributed by atoms with Crippen LogP contribution in [0.3, 0.4) is 0 Å². The Morgan fingerprint density at radius 3 is 2.41 bits per heavy atom. The summed E-state index contributed by atoms with van der Waals surface area (Å²) in [5.41, 5.74) is 0.765. The Balaban J connectivity index is 1.94. The summed E-state index contributed by atoms with van der Waals surface area (Å²) in [6.45, 7) is 0. The number of benzene rings is 3. The number of ether oxygens (including phenoxy) is 1. The third-order valence-electron chi connectivity index (χ3n) is 5.16. The molecule has 0 aliphatic carbocycles. The van der Waals surface area contributed by atoms with Crippen molar-refractivity contribution in [2.45, 2.75) is 6.04 Å². The van der Waals surface area contributed by atoms with E-state index in [2.05, 4.69) is 15.9 Å². The van der Waals surface area contributed by atoms with Crippen LogP contribution in [-0.2, 0) is 9.59 Å². The van der Waals surface area contributed by atoms with E-state index in [4.69, 9.17) is 4.74 Å². The second kappa shape index (κ2) is 8.47. The van der Waals surface area contributed by atoms with E-state index in [9.17, 15) is 24.2 Å². The zero-order valence-electron chi connectivity index (χ0n) is 16.8. The minimum absolute atomic E-state index is 0.00413. The van der Waals surface area contributed by atoms with Gasteiger partial charge in [-0.1, -0.05) is 18.2 Å². The minimum atomic E-state index is -1.03. The van der Waals surface area contributed by atoms with Gasteiger partial charge in [0.2, 0.25) is 0 Å². The van der Waals surface area contributed by atoms with E-state index >= 15 is 0 Å². The Labute approximate surface area is 191 Å². The number of amides is 1. The van der Waals surface area contributed by atoms with Gasteiger partial charge in [-0.2, -0.15) is 0 Å². The summed E-state index contributed by atoms with van der Waals surface area (Å²) in [5.74, 6) is -2.25. The lowest BCUT2D eigenvalue weighted by Crippen LogP contribution is -2.29. The van der Waals surface area contributed by atoms with Crippen LogP contribution < -0.4 is 9.64 Å². The van der Waals surface area contributed by atoms with E-state index in [0.29, 0.717) is 21.3 Å². The molecule has 1 unspecified atom stereocenters. The van der Waals surface area contributed by atoms with Crippen molar-refractivity contribution >= 4 is 39.1 Å². The van der Waals surface area contributed by atoms with Crippen molar-refractivity contribution in [3.63, 3.8) is 0 Å². The van der Waals surface area contributed by atoms with Crippen LogP contribution in [-0.4, -0.2) is 29.0 Å². The lowest BCUT2D eigenvalue weighted by molar-refractivity contribution is -0.132. The molecule has 1 atom stereocenters. The molecule has 162 valence electrons. The first kappa shape index (κ1) is 21.6. The van der Waals surface area contributed by atoms with E-state index in [1.54, 1.807) is 18.2 Å². The van der Waals surface area contributed by atoms with Crippen molar-refractivity contribution in [2.75, 3.05) is 12.0 Å². The van der Waals surface area contributed by atoms with Crippen LogP contribution in [0.1, 0.15) is 17.2 Å². The molecule has 0 bridgehead atoms. The number of aliphatic hydroxyl groups excluding tert-OH is 1. The number of Topliss-reactive ketones (excluding diaryl/α,β-unsaturated/α-hetero) is 1. The molecule has 1 amide bonds. The van der Waals surface area contributed by atoms with Gasteiger partial charge in [-0.25, -0.2) is 4.39 Å². The van der Waals surface area contributed by atoms with Gasteiger partial charge in [0.25, 0.3) is 11.7 Å². The number of carbonyl (C=O) groups excluding carboxylic acids is 2. The number of hydrogen-bond acceptors (Lipinski definition) is 5. The number of rotatable bonds is 4. The fourth-order valence-corrected chi connectivity index (χ4v) is 4.21. The first-order valence-corrected chi connectivity index (χ1v) is 10.3. The van der Waals surface area contributed by atoms with Crippen LogP contribution in [0.4, 0.5) is 10.1 Å². The van der Waals surface area contributed by atoms with Crippen molar-refractivity contribution in [1.29, 1.82) is 0 Å². The van der Waals surface area contributed by atoms with Crippen molar-refractivity contribution in [3.05, 3.63) is 93.7 Å². The summed E-state index contributed by atoms with van der Waals surface area (Å²) in [5, 5.41) is 20.8. The summed E-state index contributed by atoms with van der Waals surface area (Å²) in [4.78, 5) is 27.2. The highest BCUT2D eigenvalue weighted by Crippen LogP contribution is 2.43. The highest BCUT2D eigenvalue weighted by Gasteiger charge is 2.47. The number of anilines is 1. The first-order chi connectivity index (χ1) is 15.3. The lowest BCUT2D eigenvalue weighted by Gasteiger charge is -2.25. The predicted molar refractivity (Wildman–Crippen MR) is 120 cm³/mol. The Kier molecular flexibility index (Phi) is 5.71. The maximum Gasteiger partial charge on any atom is 0.300 e. The fraction of sp³-hybridized carbons (Fsp3) is 0.0833. The van der Waals surface area contributed by atoms with E-state index in [1.165, 1.54) is 49.6 Å². The van der Waals surface area contributed by atoms with Crippen LogP contribution in [0.25, 0.3) is 5.76 Å². The quantitative estimate of drug-likeness (QED) is 0.303. The topological polar surface area (TPSA) is 87.1 Å². The van der Waals surface area contributed by atoms with E-state index in [0.717, 1.165) is 11.0 Å². The minimum Gasteiger partial charge on any atom is -0.508 e. The number of hydrogen-bond donors (Lipinski definition) is 2. The van der Waals surface area contributed by atoms with E-state index in [1.807, 2.05) is 0 Å². The number of carbonyl (C=O) groups is 2. The molecule has 32 heavy (non-hydrogen) atoms. The SMILES string of the molecule is COc1ccc(/C(O)=C2\C(=O)C(=O)N(c3cccc(F)c3)C2c2ccc(O)cc2)cc1Br. The largest absolute Gasteiger partial charge is 0.508 e. The van der Waals surface area contributed by atoms with Crippen molar-refractivity contribution < 1.29 is 28.9 Å². The standard InChI is InChI=1S/C24H17BrFNO5/c1-32-19-10-7-14(11-18(19)25)22(29)20-21(13-5-8-17(28)9-6-13)27(24(31)23(20)30)16-4-2-3-15(26)12-16/h2-12,21,28-29H,1H3/b22-20+. The number of methoxy groups -OCH3 is 1. The van der Waals surface area contributed by atoms with Gasteiger partial charge >= 0.3 is 0 Å². The Morgan fingerprint density at radius 2 is 1.78 bits per heavy atom. The van der Waals surface area contributed by atoms with Gasteiger partial charge in [-0.05, 0) is 70.0 Å². The van der Waals surface area contributed by atoms with Crippen molar-refractivity contribution in [3.8, 4) is 11.5 Å². The van der Waals surface area contributed by atoms with Crippen molar-refractivity contribution in [2.24, 2.45) is 0 Å². The molecule has 0 saturated carbocycles. The van der Waals surface area contributed by atoms with Crippen LogP contribution >= 0.6 is 15.9 Å². The number of nitrogens with zero attached hydrogens (tertiary/aromatic N) is 1. The van der Waals surface area contributed by atoms with E-state index < -0.39 is 23.5 Å². The van der Waals surface area contributed by atoms with Crippen LogP contribution in [0.15, 0.2) is 76.8 Å². The zero-order valence-corrected chi connectivity index (χ0v) is 18.3. The summed E-state index contributed by atoms with van der Waals surface area (Å²) in [6.07, 6.45) is 0. The summed E-state index contributed by atoms with van der Waals surface area (Å²) < 4.78 is 19.7. The van der Waals surface area contributed by atoms with Gasteiger partial charge < -0.3 is 14.9 Å². The van der Waals surface area contributed by atoms with Gasteiger partial charge in [0.15, 0.2) is 0 Å². The molecule has 1 aliphatic rings. The molecule has 6 nitrogen and oxygen atoms in total. The average molecular weight is 498 g/mol. The average Bonchev–Trinajstić information content (AvgIpc) is 3.04. The first-order valence-electron chi connectivity index (χ1n) is 9.51. The molecule has 2 N–H and O–H groups in total. The normalized spacial score (nSPS) is 17.6. The zero-order chi connectivity index (χ0) is 23.0. The van der Waals surface area contributed by atoms with E-state index in [-0.39, 0.29) is 22.8 Å². The van der Waals surface area contributed by atoms with Gasteiger partial charge in [0, 0.05) is 11.3 Å². The monoisotopic (exact) mass is 497 g/mol. The second-order valence-corrected chi connectivity index (χ2v) is 7.94. The molecular formula is C24H17BrFNO5.